The van der Waals surface area contributed by atoms with Crippen LogP contribution < -0.4 is 5.32 Å². The van der Waals surface area contributed by atoms with Crippen LogP contribution in [0, 0.1) is 0 Å². The lowest BCUT2D eigenvalue weighted by molar-refractivity contribution is 0.102. The number of hydrogen-bond acceptors (Lipinski definition) is 5. The Morgan fingerprint density at radius 2 is 2.33 bits per heavy atom. The largest absolute Gasteiger partial charge is 0.383 e. The van der Waals surface area contributed by atoms with Gasteiger partial charge in [0.2, 0.25) is 5.13 Å². The molecule has 0 spiro atoms. The van der Waals surface area contributed by atoms with Crippen molar-refractivity contribution in [2.24, 2.45) is 0 Å². The first-order chi connectivity index (χ1) is 10.3. The minimum Gasteiger partial charge on any atom is -0.383 e. The molecule has 1 aromatic carbocycles. The smallest absolute Gasteiger partial charge is 0.258 e. The Labute approximate surface area is 125 Å². The first-order valence-electron chi connectivity index (χ1n) is 6.44. The molecule has 2 aromatic heterocycles. The highest BCUT2D eigenvalue weighted by atomic mass is 32.1. The molecule has 0 atom stereocenters. The molecule has 7 heteroatoms. The second-order valence-corrected chi connectivity index (χ2v) is 5.27. The summed E-state index contributed by atoms with van der Waals surface area (Å²) in [4.78, 5) is 12.3. The molecule has 0 aliphatic heterocycles. The lowest BCUT2D eigenvalue weighted by Gasteiger charge is -2.06. The van der Waals surface area contributed by atoms with Gasteiger partial charge >= 0.3 is 0 Å². The number of nitrogens with one attached hydrogen (secondary N) is 1. The Morgan fingerprint density at radius 3 is 3.10 bits per heavy atom. The molecule has 0 saturated carbocycles. The lowest BCUT2D eigenvalue weighted by Crippen LogP contribution is -2.12. The minimum absolute atomic E-state index is 0.179. The van der Waals surface area contributed by atoms with Gasteiger partial charge in [-0.05, 0) is 18.2 Å². The van der Waals surface area contributed by atoms with Crippen LogP contribution in [0.3, 0.4) is 0 Å². The molecule has 2 heterocycles. The maximum atomic E-state index is 12.3. The Bertz CT molecular complexity index is 752. The molecule has 21 heavy (non-hydrogen) atoms. The zero-order valence-electron chi connectivity index (χ0n) is 11.4. The summed E-state index contributed by atoms with van der Waals surface area (Å²) in [5.74, 6) is -0.179. The molecule has 0 aliphatic carbocycles. The van der Waals surface area contributed by atoms with Crippen LogP contribution in [0.4, 0.5) is 5.13 Å². The molecule has 6 nitrogen and oxygen atoms in total. The van der Waals surface area contributed by atoms with Gasteiger partial charge in [-0.1, -0.05) is 17.4 Å². The highest BCUT2D eigenvalue weighted by Crippen LogP contribution is 2.21. The van der Waals surface area contributed by atoms with Gasteiger partial charge in [0.05, 0.1) is 6.61 Å². The molecule has 3 rings (SSSR count). The normalized spacial score (nSPS) is 10.9. The van der Waals surface area contributed by atoms with Gasteiger partial charge in [-0.25, -0.2) is 0 Å². The van der Waals surface area contributed by atoms with Crippen LogP contribution in [-0.4, -0.2) is 34.4 Å². The Kier molecular flexibility index (Phi) is 3.94. The van der Waals surface area contributed by atoms with Gasteiger partial charge in [-0.3, -0.25) is 10.1 Å². The summed E-state index contributed by atoms with van der Waals surface area (Å²) in [6.45, 7) is 1.38. The van der Waals surface area contributed by atoms with Gasteiger partial charge in [0.1, 0.15) is 5.51 Å². The van der Waals surface area contributed by atoms with Gasteiger partial charge in [0, 0.05) is 36.3 Å². The number of carbonyl (C=O) groups excluding carboxylic acids is 1. The van der Waals surface area contributed by atoms with E-state index in [1.807, 2.05) is 24.4 Å². The monoisotopic (exact) mass is 302 g/mol. The van der Waals surface area contributed by atoms with Crippen LogP contribution in [0.1, 0.15) is 10.4 Å². The number of hydrogen-bond donors (Lipinski definition) is 1. The fraction of sp³-hybridized carbons (Fsp3) is 0.214. The van der Waals surface area contributed by atoms with Crippen molar-refractivity contribution in [3.63, 3.8) is 0 Å². The third kappa shape index (κ3) is 2.79. The summed E-state index contributed by atoms with van der Waals surface area (Å²) < 4.78 is 7.17. The van der Waals surface area contributed by atoms with E-state index in [1.165, 1.54) is 11.3 Å². The van der Waals surface area contributed by atoms with Crippen LogP contribution in [0.15, 0.2) is 36.0 Å². The molecule has 1 amide bonds. The average Bonchev–Trinajstić information content (AvgIpc) is 3.14. The van der Waals surface area contributed by atoms with E-state index in [0.717, 1.165) is 17.4 Å². The molecule has 108 valence electrons. The number of anilines is 1. The standard InChI is InChI=1S/C14H14N4O2S/c1-20-8-7-18-6-5-10-11(3-2-4-12(10)18)13(19)16-14-17-15-9-21-14/h2-6,9H,7-8H2,1H3,(H,16,17,19). The molecule has 0 unspecified atom stereocenters. The SMILES string of the molecule is COCCn1ccc2c(C(=O)Nc3nncs3)cccc21. The number of nitrogens with zero attached hydrogens (tertiary/aromatic N) is 3. The minimum atomic E-state index is -0.179. The van der Waals surface area contributed by atoms with Crippen molar-refractivity contribution < 1.29 is 9.53 Å². The number of ether oxygens (including phenoxy) is 1. The molecule has 3 aromatic rings. The Hall–Kier alpha value is -2.25. The van der Waals surface area contributed by atoms with Crippen molar-refractivity contribution in [2.45, 2.75) is 6.54 Å². The van der Waals surface area contributed by atoms with Crippen LogP contribution in [0.25, 0.3) is 10.9 Å². The van der Waals surface area contributed by atoms with E-state index in [1.54, 1.807) is 18.7 Å². The summed E-state index contributed by atoms with van der Waals surface area (Å²) in [5, 5.41) is 11.7. The predicted octanol–water partition coefficient (Wildman–Crippen LogP) is 2.39. The number of rotatable bonds is 5. The van der Waals surface area contributed by atoms with Crippen molar-refractivity contribution in [2.75, 3.05) is 19.0 Å². The van der Waals surface area contributed by atoms with E-state index >= 15 is 0 Å². The van der Waals surface area contributed by atoms with Gasteiger partial charge in [0.25, 0.3) is 5.91 Å². The number of aromatic nitrogens is 3. The summed E-state index contributed by atoms with van der Waals surface area (Å²) >= 11 is 1.29. The van der Waals surface area contributed by atoms with Gasteiger partial charge in [-0.2, -0.15) is 0 Å². The van der Waals surface area contributed by atoms with Crippen molar-refractivity contribution in [1.82, 2.24) is 14.8 Å². The zero-order valence-corrected chi connectivity index (χ0v) is 12.3. The Balaban J connectivity index is 1.92. The average molecular weight is 302 g/mol. The van der Waals surface area contributed by atoms with E-state index in [-0.39, 0.29) is 5.91 Å². The van der Waals surface area contributed by atoms with E-state index in [9.17, 15) is 4.79 Å². The maximum absolute atomic E-state index is 12.3. The predicted molar refractivity (Wildman–Crippen MR) is 81.7 cm³/mol. The highest BCUT2D eigenvalue weighted by molar-refractivity contribution is 7.13. The first kappa shape index (κ1) is 13.7. The number of fused-ring (bicyclic) bond motifs is 1. The number of amides is 1. The second-order valence-electron chi connectivity index (χ2n) is 4.44. The first-order valence-corrected chi connectivity index (χ1v) is 7.32. The zero-order chi connectivity index (χ0) is 14.7. The molecule has 0 bridgehead atoms. The summed E-state index contributed by atoms with van der Waals surface area (Å²) in [6, 6.07) is 7.62. The number of benzene rings is 1. The van der Waals surface area contributed by atoms with Crippen molar-refractivity contribution >= 4 is 33.3 Å². The van der Waals surface area contributed by atoms with Crippen LogP contribution in [0.5, 0.6) is 0 Å². The maximum Gasteiger partial charge on any atom is 0.258 e. The highest BCUT2D eigenvalue weighted by Gasteiger charge is 2.13. The third-order valence-electron chi connectivity index (χ3n) is 3.18. The van der Waals surface area contributed by atoms with E-state index < -0.39 is 0 Å². The van der Waals surface area contributed by atoms with Crippen molar-refractivity contribution in [1.29, 1.82) is 0 Å². The van der Waals surface area contributed by atoms with Crippen LogP contribution >= 0.6 is 11.3 Å². The molecular formula is C14H14N4O2S. The van der Waals surface area contributed by atoms with Crippen LogP contribution in [0.2, 0.25) is 0 Å². The number of methoxy groups -OCH3 is 1. The topological polar surface area (TPSA) is 69.0 Å². The summed E-state index contributed by atoms with van der Waals surface area (Å²) in [7, 11) is 1.67. The fourth-order valence-corrected chi connectivity index (χ4v) is 2.64. The molecule has 0 radical (unpaired) electrons. The molecular weight excluding hydrogens is 288 g/mol. The van der Waals surface area contributed by atoms with Crippen molar-refractivity contribution in [3.05, 3.63) is 41.5 Å². The van der Waals surface area contributed by atoms with E-state index in [0.29, 0.717) is 17.3 Å². The molecule has 0 saturated heterocycles. The summed E-state index contributed by atoms with van der Waals surface area (Å²) in [5.41, 5.74) is 3.22. The molecule has 1 N–H and O–H groups in total. The van der Waals surface area contributed by atoms with Gasteiger partial charge < -0.3 is 9.30 Å². The number of carbonyl (C=O) groups is 1. The van der Waals surface area contributed by atoms with E-state index in [4.69, 9.17) is 4.74 Å². The van der Waals surface area contributed by atoms with Gasteiger partial charge in [0.15, 0.2) is 0 Å². The molecule has 0 aliphatic rings. The fourth-order valence-electron chi connectivity index (χ4n) is 2.20. The second kappa shape index (κ2) is 6.02. The quantitative estimate of drug-likeness (QED) is 0.785. The summed E-state index contributed by atoms with van der Waals surface area (Å²) in [6.07, 6.45) is 1.96. The van der Waals surface area contributed by atoms with Crippen molar-refractivity contribution in [3.8, 4) is 0 Å². The van der Waals surface area contributed by atoms with Crippen LogP contribution in [-0.2, 0) is 11.3 Å². The third-order valence-corrected chi connectivity index (χ3v) is 3.78. The Morgan fingerprint density at radius 1 is 1.43 bits per heavy atom. The molecule has 0 fully saturated rings. The lowest BCUT2D eigenvalue weighted by atomic mass is 10.1. The van der Waals surface area contributed by atoms with Gasteiger partial charge in [-0.15, -0.1) is 10.2 Å². The van der Waals surface area contributed by atoms with E-state index in [2.05, 4.69) is 20.1 Å².